The predicted octanol–water partition coefficient (Wildman–Crippen LogP) is 2.82. The number of thioether (sulfide) groups is 1. The number of rotatable bonds is 5. The van der Waals surface area contributed by atoms with Crippen LogP contribution in [-0.4, -0.2) is 34.5 Å². The van der Waals surface area contributed by atoms with Gasteiger partial charge in [-0.1, -0.05) is 24.6 Å². The summed E-state index contributed by atoms with van der Waals surface area (Å²) in [4.78, 5) is 21.9. The van der Waals surface area contributed by atoms with Gasteiger partial charge in [0, 0.05) is 36.7 Å². The summed E-state index contributed by atoms with van der Waals surface area (Å²) in [6, 6.07) is 2.19. The Labute approximate surface area is 134 Å². The molecule has 0 saturated heterocycles. The molecular formula is C16H21N3O2S. The van der Waals surface area contributed by atoms with Crippen LogP contribution in [-0.2, 0) is 11.2 Å². The summed E-state index contributed by atoms with van der Waals surface area (Å²) in [5.74, 6) is 0. The summed E-state index contributed by atoms with van der Waals surface area (Å²) in [5.41, 5.74) is 1.65. The van der Waals surface area contributed by atoms with E-state index in [9.17, 15) is 4.79 Å². The van der Waals surface area contributed by atoms with Crippen LogP contribution in [0.5, 0.6) is 0 Å². The summed E-state index contributed by atoms with van der Waals surface area (Å²) in [6.07, 6.45) is 8.88. The first-order chi connectivity index (χ1) is 10.7. The quantitative estimate of drug-likeness (QED) is 0.626. The van der Waals surface area contributed by atoms with Crippen molar-refractivity contribution in [1.82, 2.24) is 14.5 Å². The molecule has 0 spiro atoms. The van der Waals surface area contributed by atoms with Crippen molar-refractivity contribution in [3.05, 3.63) is 28.2 Å². The average Bonchev–Trinajstić information content (AvgIpc) is 3.06. The largest absolute Gasteiger partial charge is 0.384 e. The third-order valence-corrected chi connectivity index (χ3v) is 4.84. The van der Waals surface area contributed by atoms with Gasteiger partial charge in [0.15, 0.2) is 5.16 Å². The van der Waals surface area contributed by atoms with Crippen molar-refractivity contribution in [3.63, 3.8) is 0 Å². The lowest BCUT2D eigenvalue weighted by Crippen LogP contribution is -2.28. The molecule has 6 heteroatoms. The highest BCUT2D eigenvalue weighted by Gasteiger charge is 2.22. The van der Waals surface area contributed by atoms with E-state index in [1.165, 1.54) is 24.6 Å². The number of ether oxygens (including phenoxy) is 1. The van der Waals surface area contributed by atoms with E-state index in [2.05, 4.69) is 9.97 Å². The Morgan fingerprint density at radius 2 is 2.18 bits per heavy atom. The molecule has 0 bridgehead atoms. The van der Waals surface area contributed by atoms with E-state index < -0.39 is 0 Å². The van der Waals surface area contributed by atoms with Gasteiger partial charge in [0.2, 0.25) is 0 Å². The average molecular weight is 319 g/mol. The van der Waals surface area contributed by atoms with Gasteiger partial charge in [-0.2, -0.15) is 0 Å². The van der Waals surface area contributed by atoms with Crippen LogP contribution in [0.2, 0.25) is 0 Å². The topological polar surface area (TPSA) is 57.0 Å². The second-order valence-electron chi connectivity index (χ2n) is 5.66. The van der Waals surface area contributed by atoms with Crippen molar-refractivity contribution < 1.29 is 4.74 Å². The maximum absolute atomic E-state index is 12.9. The standard InChI is InChI=1S/C16H21N3O2S/c1-21-8-7-11-9-12-10-17-16(22-2)18-14(12)19(15(11)20)13-5-3-4-6-13/h9-10,13H,3-8H2,1-2H3. The summed E-state index contributed by atoms with van der Waals surface area (Å²) in [6.45, 7) is 0.551. The molecule has 1 aliphatic carbocycles. The Balaban J connectivity index is 2.20. The molecular weight excluding hydrogens is 298 g/mol. The van der Waals surface area contributed by atoms with Gasteiger partial charge >= 0.3 is 0 Å². The van der Waals surface area contributed by atoms with E-state index >= 15 is 0 Å². The Morgan fingerprint density at radius 3 is 2.86 bits per heavy atom. The SMILES string of the molecule is COCCc1cc2cnc(SC)nc2n(C2CCCC2)c1=O. The maximum Gasteiger partial charge on any atom is 0.255 e. The van der Waals surface area contributed by atoms with Crippen molar-refractivity contribution in [1.29, 1.82) is 0 Å². The van der Waals surface area contributed by atoms with Gasteiger partial charge in [-0.05, 0) is 25.2 Å². The molecule has 0 amide bonds. The Hall–Kier alpha value is -1.40. The van der Waals surface area contributed by atoms with E-state index in [4.69, 9.17) is 4.74 Å². The smallest absolute Gasteiger partial charge is 0.255 e. The van der Waals surface area contributed by atoms with Crippen LogP contribution in [0.15, 0.2) is 22.2 Å². The van der Waals surface area contributed by atoms with Gasteiger partial charge in [-0.25, -0.2) is 9.97 Å². The second kappa shape index (κ2) is 6.79. The number of methoxy groups -OCH3 is 1. The van der Waals surface area contributed by atoms with Gasteiger partial charge in [0.25, 0.3) is 5.56 Å². The number of fused-ring (bicyclic) bond motifs is 1. The molecule has 5 nitrogen and oxygen atoms in total. The predicted molar refractivity (Wildman–Crippen MR) is 88.7 cm³/mol. The molecule has 0 unspecified atom stereocenters. The molecule has 118 valence electrons. The van der Waals surface area contributed by atoms with Gasteiger partial charge < -0.3 is 4.74 Å². The maximum atomic E-state index is 12.9. The summed E-state index contributed by atoms with van der Waals surface area (Å²) in [5, 5.41) is 1.65. The van der Waals surface area contributed by atoms with Crippen molar-refractivity contribution in [2.24, 2.45) is 0 Å². The van der Waals surface area contributed by atoms with E-state index in [0.29, 0.717) is 18.2 Å². The normalized spacial score (nSPS) is 15.7. The zero-order chi connectivity index (χ0) is 15.5. The first-order valence-electron chi connectivity index (χ1n) is 7.68. The molecule has 2 aromatic heterocycles. The molecule has 1 saturated carbocycles. The fourth-order valence-corrected chi connectivity index (χ4v) is 3.49. The summed E-state index contributed by atoms with van der Waals surface area (Å²) >= 11 is 1.50. The molecule has 0 aromatic carbocycles. The van der Waals surface area contributed by atoms with Gasteiger partial charge in [-0.15, -0.1) is 0 Å². The van der Waals surface area contributed by atoms with Crippen LogP contribution in [0.4, 0.5) is 0 Å². The van der Waals surface area contributed by atoms with Crippen LogP contribution in [0.3, 0.4) is 0 Å². The lowest BCUT2D eigenvalue weighted by molar-refractivity contribution is 0.202. The van der Waals surface area contributed by atoms with E-state index in [1.807, 2.05) is 23.1 Å². The zero-order valence-electron chi connectivity index (χ0n) is 13.0. The molecule has 0 atom stereocenters. The molecule has 1 aliphatic rings. The van der Waals surface area contributed by atoms with Crippen LogP contribution in [0, 0.1) is 0 Å². The van der Waals surface area contributed by atoms with Gasteiger partial charge in [0.1, 0.15) is 5.65 Å². The number of hydrogen-bond acceptors (Lipinski definition) is 5. The first-order valence-corrected chi connectivity index (χ1v) is 8.91. The Kier molecular flexibility index (Phi) is 4.78. The summed E-state index contributed by atoms with van der Waals surface area (Å²) < 4.78 is 7.04. The third-order valence-electron chi connectivity index (χ3n) is 4.27. The lowest BCUT2D eigenvalue weighted by atomic mass is 10.1. The van der Waals surface area contributed by atoms with Gasteiger partial charge in [-0.3, -0.25) is 9.36 Å². The molecule has 22 heavy (non-hydrogen) atoms. The minimum atomic E-state index is 0.0854. The molecule has 0 N–H and O–H groups in total. The Bertz CT molecular complexity index is 723. The van der Waals surface area contributed by atoms with E-state index in [1.54, 1.807) is 7.11 Å². The van der Waals surface area contributed by atoms with Crippen LogP contribution < -0.4 is 5.56 Å². The molecule has 0 aliphatic heterocycles. The number of nitrogens with zero attached hydrogens (tertiary/aromatic N) is 3. The van der Waals surface area contributed by atoms with E-state index in [0.717, 1.165) is 29.4 Å². The molecule has 2 heterocycles. The van der Waals surface area contributed by atoms with Crippen LogP contribution in [0.1, 0.15) is 37.3 Å². The molecule has 0 radical (unpaired) electrons. The Morgan fingerprint density at radius 1 is 1.41 bits per heavy atom. The fourth-order valence-electron chi connectivity index (χ4n) is 3.15. The highest BCUT2D eigenvalue weighted by Crippen LogP contribution is 2.30. The number of aromatic nitrogens is 3. The van der Waals surface area contributed by atoms with Crippen molar-refractivity contribution >= 4 is 22.8 Å². The molecule has 1 fully saturated rings. The summed E-state index contributed by atoms with van der Waals surface area (Å²) in [7, 11) is 1.66. The van der Waals surface area contributed by atoms with E-state index in [-0.39, 0.29) is 11.6 Å². The lowest BCUT2D eigenvalue weighted by Gasteiger charge is -2.18. The van der Waals surface area contributed by atoms with Gasteiger partial charge in [0.05, 0.1) is 6.61 Å². The number of hydrogen-bond donors (Lipinski definition) is 0. The third kappa shape index (κ3) is 2.90. The van der Waals surface area contributed by atoms with Crippen molar-refractivity contribution in [2.45, 2.75) is 43.3 Å². The van der Waals surface area contributed by atoms with Crippen LogP contribution >= 0.6 is 11.8 Å². The fraction of sp³-hybridized carbons (Fsp3) is 0.562. The monoisotopic (exact) mass is 319 g/mol. The molecule has 3 rings (SSSR count). The zero-order valence-corrected chi connectivity index (χ0v) is 13.9. The first kappa shape index (κ1) is 15.5. The van der Waals surface area contributed by atoms with Crippen molar-refractivity contribution in [3.8, 4) is 0 Å². The van der Waals surface area contributed by atoms with Crippen LogP contribution in [0.25, 0.3) is 11.0 Å². The minimum Gasteiger partial charge on any atom is -0.384 e. The van der Waals surface area contributed by atoms with Crippen molar-refractivity contribution in [2.75, 3.05) is 20.0 Å². The minimum absolute atomic E-state index is 0.0854. The highest BCUT2D eigenvalue weighted by atomic mass is 32.2. The molecule has 2 aromatic rings. The highest BCUT2D eigenvalue weighted by molar-refractivity contribution is 7.98. The number of pyridine rings is 1. The second-order valence-corrected chi connectivity index (χ2v) is 6.43.